The van der Waals surface area contributed by atoms with E-state index in [4.69, 9.17) is 8.83 Å². The van der Waals surface area contributed by atoms with Gasteiger partial charge in [-0.05, 0) is 38.2 Å². The lowest BCUT2D eigenvalue weighted by atomic mass is 10.1. The summed E-state index contributed by atoms with van der Waals surface area (Å²) in [7, 11) is 1.80. The van der Waals surface area contributed by atoms with Gasteiger partial charge in [-0.1, -0.05) is 0 Å². The Morgan fingerprint density at radius 2 is 2.17 bits per heavy atom. The molecule has 0 bridgehead atoms. The Morgan fingerprint density at radius 1 is 1.42 bits per heavy atom. The smallest absolute Gasteiger partial charge is 0.257 e. The number of hydrazone groups is 1. The van der Waals surface area contributed by atoms with Crippen molar-refractivity contribution in [1.29, 1.82) is 0 Å². The molecule has 2 atom stereocenters. The highest BCUT2D eigenvalue weighted by atomic mass is 16.3. The number of carbonyl (C=O) groups excluding carboxylic acids is 1. The number of aliphatic hydroxyl groups is 1. The van der Waals surface area contributed by atoms with Gasteiger partial charge in [0.25, 0.3) is 5.91 Å². The van der Waals surface area contributed by atoms with E-state index in [-0.39, 0.29) is 31.1 Å². The van der Waals surface area contributed by atoms with Crippen molar-refractivity contribution in [3.05, 3.63) is 48.3 Å². The van der Waals surface area contributed by atoms with Crippen molar-refractivity contribution in [1.82, 2.24) is 9.91 Å². The summed E-state index contributed by atoms with van der Waals surface area (Å²) >= 11 is 0. The van der Waals surface area contributed by atoms with E-state index in [9.17, 15) is 9.90 Å². The number of furan rings is 2. The van der Waals surface area contributed by atoms with Crippen molar-refractivity contribution in [2.45, 2.75) is 25.4 Å². The van der Waals surface area contributed by atoms with Gasteiger partial charge in [-0.15, -0.1) is 0 Å². The molecule has 1 aliphatic heterocycles. The van der Waals surface area contributed by atoms with Gasteiger partial charge in [-0.3, -0.25) is 9.69 Å². The van der Waals surface area contributed by atoms with E-state index in [1.165, 1.54) is 5.01 Å². The molecule has 0 aromatic carbocycles. The van der Waals surface area contributed by atoms with Crippen LogP contribution in [0.5, 0.6) is 0 Å². The summed E-state index contributed by atoms with van der Waals surface area (Å²) in [6.07, 6.45) is 3.70. The Morgan fingerprint density at radius 3 is 2.79 bits per heavy atom. The van der Waals surface area contributed by atoms with Crippen molar-refractivity contribution in [3.8, 4) is 0 Å². The Labute approximate surface area is 140 Å². The minimum Gasteiger partial charge on any atom is -0.467 e. The van der Waals surface area contributed by atoms with Crippen LogP contribution in [0.4, 0.5) is 0 Å². The van der Waals surface area contributed by atoms with E-state index in [1.54, 1.807) is 36.6 Å². The van der Waals surface area contributed by atoms with Crippen molar-refractivity contribution < 1.29 is 18.7 Å². The maximum absolute atomic E-state index is 12.7. The molecular formula is C17H21N3O4. The molecule has 0 saturated carbocycles. The van der Waals surface area contributed by atoms with Crippen LogP contribution in [0.25, 0.3) is 0 Å². The molecule has 0 aliphatic carbocycles. The third-order valence-electron chi connectivity index (χ3n) is 4.24. The summed E-state index contributed by atoms with van der Waals surface area (Å²) in [6.45, 7) is 2.01. The molecule has 0 saturated heterocycles. The highest BCUT2D eigenvalue weighted by molar-refractivity contribution is 6.01. The van der Waals surface area contributed by atoms with Gasteiger partial charge >= 0.3 is 0 Å². The fourth-order valence-electron chi connectivity index (χ4n) is 2.62. The standard InChI is InChI=1S/C17H21N3O4/c1-12(11-21)19(2)10-17(22)20-14(16-6-4-8-24-16)9-13(18-20)15-5-3-7-23-15/h3-8,12,14,21H,9-11H2,1-2H3. The molecule has 0 fully saturated rings. The molecule has 2 aromatic heterocycles. The Hall–Kier alpha value is -2.38. The van der Waals surface area contributed by atoms with Crippen LogP contribution in [0.1, 0.15) is 30.9 Å². The lowest BCUT2D eigenvalue weighted by molar-refractivity contribution is -0.134. The van der Waals surface area contributed by atoms with Crippen molar-refractivity contribution in [2.75, 3.05) is 20.2 Å². The molecule has 24 heavy (non-hydrogen) atoms. The molecule has 7 nitrogen and oxygen atoms in total. The third kappa shape index (κ3) is 3.27. The van der Waals surface area contributed by atoms with Gasteiger partial charge < -0.3 is 13.9 Å². The topological polar surface area (TPSA) is 82.4 Å². The second-order valence-corrected chi connectivity index (χ2v) is 5.94. The van der Waals surface area contributed by atoms with Gasteiger partial charge in [0.1, 0.15) is 23.3 Å². The summed E-state index contributed by atoms with van der Waals surface area (Å²) in [5, 5.41) is 15.2. The van der Waals surface area contributed by atoms with Crippen LogP contribution >= 0.6 is 0 Å². The largest absolute Gasteiger partial charge is 0.467 e. The van der Waals surface area contributed by atoms with Crippen LogP contribution in [0.2, 0.25) is 0 Å². The SMILES string of the molecule is CC(CO)N(C)CC(=O)N1N=C(c2ccco2)CC1c1ccco1. The van der Waals surface area contributed by atoms with E-state index >= 15 is 0 Å². The number of hydrogen-bond acceptors (Lipinski definition) is 6. The summed E-state index contributed by atoms with van der Waals surface area (Å²) in [6, 6.07) is 6.86. The summed E-state index contributed by atoms with van der Waals surface area (Å²) in [5.41, 5.74) is 0.715. The summed E-state index contributed by atoms with van der Waals surface area (Å²) in [4.78, 5) is 14.5. The Balaban J connectivity index is 1.82. The van der Waals surface area contributed by atoms with Crippen molar-refractivity contribution in [2.24, 2.45) is 5.10 Å². The lowest BCUT2D eigenvalue weighted by Crippen LogP contribution is -2.41. The van der Waals surface area contributed by atoms with Gasteiger partial charge in [-0.25, -0.2) is 5.01 Å². The summed E-state index contributed by atoms with van der Waals surface area (Å²) in [5.74, 6) is 1.19. The van der Waals surface area contributed by atoms with Crippen LogP contribution in [0, 0.1) is 0 Å². The van der Waals surface area contributed by atoms with Gasteiger partial charge in [0.05, 0.1) is 25.7 Å². The van der Waals surface area contributed by atoms with E-state index in [0.717, 1.165) is 0 Å². The molecule has 1 aliphatic rings. The molecular weight excluding hydrogens is 310 g/mol. The zero-order chi connectivity index (χ0) is 17.1. The molecule has 0 radical (unpaired) electrons. The molecule has 3 rings (SSSR count). The highest BCUT2D eigenvalue weighted by Gasteiger charge is 2.36. The first kappa shape index (κ1) is 16.5. The molecule has 128 valence electrons. The average molecular weight is 331 g/mol. The lowest BCUT2D eigenvalue weighted by Gasteiger charge is -2.26. The van der Waals surface area contributed by atoms with E-state index < -0.39 is 0 Å². The zero-order valence-corrected chi connectivity index (χ0v) is 13.8. The number of likely N-dealkylation sites (N-methyl/N-ethyl adjacent to an activating group) is 1. The number of hydrogen-bond donors (Lipinski definition) is 1. The van der Waals surface area contributed by atoms with Crippen LogP contribution in [0.15, 0.2) is 50.7 Å². The first-order valence-electron chi connectivity index (χ1n) is 7.88. The fourth-order valence-corrected chi connectivity index (χ4v) is 2.62. The monoisotopic (exact) mass is 331 g/mol. The second kappa shape index (κ2) is 7.02. The number of nitrogens with zero attached hydrogens (tertiary/aromatic N) is 3. The molecule has 2 aromatic rings. The number of amides is 1. The third-order valence-corrected chi connectivity index (χ3v) is 4.24. The van der Waals surface area contributed by atoms with E-state index in [2.05, 4.69) is 5.10 Å². The Bertz CT molecular complexity index is 694. The van der Waals surface area contributed by atoms with Crippen molar-refractivity contribution >= 4 is 11.6 Å². The van der Waals surface area contributed by atoms with Crippen LogP contribution in [-0.4, -0.2) is 52.9 Å². The zero-order valence-electron chi connectivity index (χ0n) is 13.8. The predicted molar refractivity (Wildman–Crippen MR) is 87.3 cm³/mol. The Kier molecular flexibility index (Phi) is 4.82. The number of rotatable bonds is 6. The molecule has 2 unspecified atom stereocenters. The first-order valence-corrected chi connectivity index (χ1v) is 7.88. The van der Waals surface area contributed by atoms with Crippen LogP contribution in [0.3, 0.4) is 0 Å². The molecule has 1 N–H and O–H groups in total. The first-order chi connectivity index (χ1) is 11.6. The molecule has 7 heteroatoms. The van der Waals surface area contributed by atoms with E-state index in [1.807, 2.05) is 19.1 Å². The predicted octanol–water partition coefficient (Wildman–Crippen LogP) is 1.86. The maximum atomic E-state index is 12.7. The maximum Gasteiger partial charge on any atom is 0.257 e. The van der Waals surface area contributed by atoms with Gasteiger partial charge in [0.2, 0.25) is 0 Å². The quantitative estimate of drug-likeness (QED) is 0.874. The van der Waals surface area contributed by atoms with Crippen LogP contribution < -0.4 is 0 Å². The fraction of sp³-hybridized carbons (Fsp3) is 0.412. The minimum absolute atomic E-state index is 0.00763. The summed E-state index contributed by atoms with van der Waals surface area (Å²) < 4.78 is 10.9. The minimum atomic E-state index is -0.287. The number of aliphatic hydroxyl groups excluding tert-OH is 1. The van der Waals surface area contributed by atoms with Crippen LogP contribution in [-0.2, 0) is 4.79 Å². The van der Waals surface area contributed by atoms with Gasteiger partial charge in [0.15, 0.2) is 0 Å². The van der Waals surface area contributed by atoms with Crippen molar-refractivity contribution in [3.63, 3.8) is 0 Å². The molecule has 3 heterocycles. The van der Waals surface area contributed by atoms with Gasteiger partial charge in [0, 0.05) is 12.5 Å². The van der Waals surface area contributed by atoms with E-state index in [0.29, 0.717) is 23.7 Å². The normalized spacial score (nSPS) is 18.9. The number of carbonyl (C=O) groups is 1. The highest BCUT2D eigenvalue weighted by Crippen LogP contribution is 2.33. The van der Waals surface area contributed by atoms with Gasteiger partial charge in [-0.2, -0.15) is 5.10 Å². The second-order valence-electron chi connectivity index (χ2n) is 5.94. The molecule has 1 amide bonds. The average Bonchev–Trinajstić information content (AvgIpc) is 3.33. The molecule has 0 spiro atoms.